The number of carbonyl (C=O) groups excluding carboxylic acids is 1. The highest BCUT2D eigenvalue weighted by molar-refractivity contribution is 5.73. The van der Waals surface area contributed by atoms with Gasteiger partial charge in [0.05, 0.1) is 12.7 Å². The van der Waals surface area contributed by atoms with Gasteiger partial charge in [0.2, 0.25) is 0 Å². The van der Waals surface area contributed by atoms with E-state index in [2.05, 4.69) is 0 Å². The third kappa shape index (κ3) is 6.47. The van der Waals surface area contributed by atoms with Crippen molar-refractivity contribution < 1.29 is 19.7 Å². The molecule has 0 aliphatic rings. The predicted molar refractivity (Wildman–Crippen MR) is 57.3 cm³/mol. The molecule has 0 aromatic carbocycles. The van der Waals surface area contributed by atoms with Crippen molar-refractivity contribution in [1.29, 1.82) is 0 Å². The first-order chi connectivity index (χ1) is 7.01. The molecule has 0 aromatic rings. The van der Waals surface area contributed by atoms with Crippen LogP contribution in [0.1, 0.15) is 40.0 Å². The van der Waals surface area contributed by atoms with Gasteiger partial charge in [-0.25, -0.2) is 4.79 Å². The smallest absolute Gasteiger partial charge is 0.334 e. The number of ether oxygens (including phenoxy) is 1. The van der Waals surface area contributed by atoms with Gasteiger partial charge in [0.25, 0.3) is 0 Å². The van der Waals surface area contributed by atoms with Crippen LogP contribution in [0.2, 0.25) is 0 Å². The van der Waals surface area contributed by atoms with Crippen LogP contribution in [0, 0.1) is 5.92 Å². The number of carbonyl (C=O) groups is 1. The van der Waals surface area contributed by atoms with Gasteiger partial charge >= 0.3 is 5.97 Å². The van der Waals surface area contributed by atoms with Crippen LogP contribution in [-0.2, 0) is 9.53 Å². The summed E-state index contributed by atoms with van der Waals surface area (Å²) in [6, 6.07) is 0. The van der Waals surface area contributed by atoms with Gasteiger partial charge in [-0.3, -0.25) is 0 Å². The zero-order chi connectivity index (χ0) is 11.8. The molecule has 90 valence electrons. The van der Waals surface area contributed by atoms with E-state index in [4.69, 9.17) is 9.84 Å². The Morgan fingerprint density at radius 2 is 1.87 bits per heavy atom. The molecular weight excluding hydrogens is 196 g/mol. The molecule has 0 spiro atoms. The highest BCUT2D eigenvalue weighted by Gasteiger charge is 2.16. The quantitative estimate of drug-likeness (QED) is 0.628. The third-order valence-corrected chi connectivity index (χ3v) is 2.46. The molecule has 0 bridgehead atoms. The largest absolute Gasteiger partial charge is 0.463 e. The second kappa shape index (κ2) is 7.65. The molecule has 0 aliphatic heterocycles. The monoisotopic (exact) mass is 218 g/mol. The minimum Gasteiger partial charge on any atom is -0.463 e. The molecule has 2 N–H and O–H groups in total. The maximum absolute atomic E-state index is 11.0. The van der Waals surface area contributed by atoms with E-state index < -0.39 is 12.1 Å². The van der Waals surface area contributed by atoms with E-state index in [1.54, 1.807) is 0 Å². The van der Waals surface area contributed by atoms with Crippen molar-refractivity contribution in [3.05, 3.63) is 0 Å². The van der Waals surface area contributed by atoms with E-state index in [1.807, 2.05) is 13.8 Å². The fourth-order valence-electron chi connectivity index (χ4n) is 1.22. The van der Waals surface area contributed by atoms with E-state index in [9.17, 15) is 9.90 Å². The van der Waals surface area contributed by atoms with Gasteiger partial charge < -0.3 is 14.9 Å². The van der Waals surface area contributed by atoms with E-state index in [1.165, 1.54) is 6.92 Å². The summed E-state index contributed by atoms with van der Waals surface area (Å²) in [4.78, 5) is 11.0. The molecule has 4 nitrogen and oxygen atoms in total. The number of hydrogen-bond donors (Lipinski definition) is 2. The first kappa shape index (κ1) is 14.4. The topological polar surface area (TPSA) is 66.8 Å². The van der Waals surface area contributed by atoms with Crippen LogP contribution >= 0.6 is 0 Å². The predicted octanol–water partition coefficient (Wildman–Crippen LogP) is 1.10. The van der Waals surface area contributed by atoms with Crippen LogP contribution in [0.25, 0.3) is 0 Å². The molecule has 0 amide bonds. The molecule has 0 fully saturated rings. The van der Waals surface area contributed by atoms with Crippen LogP contribution < -0.4 is 0 Å². The number of esters is 1. The second-order valence-electron chi connectivity index (χ2n) is 3.88. The molecule has 0 saturated carbocycles. The number of aliphatic hydroxyl groups is 2. The lowest BCUT2D eigenvalue weighted by atomic mass is 9.98. The fourth-order valence-corrected chi connectivity index (χ4v) is 1.22. The van der Waals surface area contributed by atoms with Gasteiger partial charge in [-0.15, -0.1) is 0 Å². The Kier molecular flexibility index (Phi) is 7.34. The first-order valence-electron chi connectivity index (χ1n) is 5.53. The lowest BCUT2D eigenvalue weighted by Gasteiger charge is -2.18. The molecule has 0 rings (SSSR count). The third-order valence-electron chi connectivity index (χ3n) is 2.46. The second-order valence-corrected chi connectivity index (χ2v) is 3.88. The molecule has 3 atom stereocenters. The molecule has 15 heavy (non-hydrogen) atoms. The van der Waals surface area contributed by atoms with Crippen LogP contribution in [0.3, 0.4) is 0 Å². The zero-order valence-electron chi connectivity index (χ0n) is 9.77. The van der Waals surface area contributed by atoms with Crippen molar-refractivity contribution in [3.63, 3.8) is 0 Å². The van der Waals surface area contributed by atoms with Crippen molar-refractivity contribution in [2.75, 3.05) is 6.61 Å². The standard InChI is InChI=1S/C11H22O4/c1-4-9(6-10(13)5-2)7-15-11(14)8(3)12/h8-10,12-13H,4-7H2,1-3H3. The lowest BCUT2D eigenvalue weighted by molar-refractivity contribution is -0.154. The molecular formula is C11H22O4. The summed E-state index contributed by atoms with van der Waals surface area (Å²) < 4.78 is 4.90. The summed E-state index contributed by atoms with van der Waals surface area (Å²) in [7, 11) is 0. The molecule has 0 radical (unpaired) electrons. The summed E-state index contributed by atoms with van der Waals surface area (Å²) >= 11 is 0. The van der Waals surface area contributed by atoms with Gasteiger partial charge in [0.15, 0.2) is 0 Å². The number of aliphatic hydroxyl groups excluding tert-OH is 2. The van der Waals surface area contributed by atoms with Gasteiger partial charge in [-0.05, 0) is 32.1 Å². The summed E-state index contributed by atoms with van der Waals surface area (Å²) in [5, 5.41) is 18.4. The number of hydrogen-bond acceptors (Lipinski definition) is 4. The molecule has 0 saturated heterocycles. The van der Waals surface area contributed by atoms with Crippen molar-refractivity contribution in [1.82, 2.24) is 0 Å². The average molecular weight is 218 g/mol. The Morgan fingerprint density at radius 3 is 2.27 bits per heavy atom. The SMILES string of the molecule is CCC(O)CC(CC)COC(=O)C(C)O. The van der Waals surface area contributed by atoms with Crippen LogP contribution in [0.15, 0.2) is 0 Å². The summed E-state index contributed by atoms with van der Waals surface area (Å²) in [5.41, 5.74) is 0. The molecule has 4 heteroatoms. The van der Waals surface area contributed by atoms with Gasteiger partial charge in [-0.1, -0.05) is 13.8 Å². The molecule has 0 aliphatic carbocycles. The average Bonchev–Trinajstić information content (AvgIpc) is 2.22. The fraction of sp³-hybridized carbons (Fsp3) is 0.909. The first-order valence-corrected chi connectivity index (χ1v) is 5.53. The summed E-state index contributed by atoms with van der Waals surface area (Å²) in [6.45, 7) is 5.56. The highest BCUT2D eigenvalue weighted by atomic mass is 16.5. The Morgan fingerprint density at radius 1 is 1.27 bits per heavy atom. The highest BCUT2D eigenvalue weighted by Crippen LogP contribution is 2.13. The Hall–Kier alpha value is -0.610. The lowest BCUT2D eigenvalue weighted by Crippen LogP contribution is -2.24. The zero-order valence-corrected chi connectivity index (χ0v) is 9.77. The van der Waals surface area contributed by atoms with Crippen molar-refractivity contribution in [3.8, 4) is 0 Å². The van der Waals surface area contributed by atoms with Gasteiger partial charge in [0.1, 0.15) is 6.10 Å². The van der Waals surface area contributed by atoms with Crippen LogP contribution in [0.4, 0.5) is 0 Å². The van der Waals surface area contributed by atoms with Gasteiger partial charge in [-0.2, -0.15) is 0 Å². The minimum absolute atomic E-state index is 0.169. The van der Waals surface area contributed by atoms with E-state index >= 15 is 0 Å². The van der Waals surface area contributed by atoms with Crippen molar-refractivity contribution in [2.45, 2.75) is 52.2 Å². The summed E-state index contributed by atoms with van der Waals surface area (Å²) in [5.74, 6) is -0.429. The summed E-state index contributed by atoms with van der Waals surface area (Å²) in [6.07, 6.45) is 0.796. The van der Waals surface area contributed by atoms with Crippen LogP contribution in [0.5, 0.6) is 0 Å². The van der Waals surface area contributed by atoms with Gasteiger partial charge in [0, 0.05) is 0 Å². The Balaban J connectivity index is 3.84. The van der Waals surface area contributed by atoms with E-state index in [0.717, 1.165) is 6.42 Å². The Labute approximate surface area is 91.3 Å². The molecule has 3 unspecified atom stereocenters. The maximum Gasteiger partial charge on any atom is 0.334 e. The number of rotatable bonds is 7. The van der Waals surface area contributed by atoms with Crippen molar-refractivity contribution in [2.24, 2.45) is 5.92 Å². The molecule has 0 aromatic heterocycles. The molecule has 0 heterocycles. The van der Waals surface area contributed by atoms with Crippen molar-refractivity contribution >= 4 is 5.97 Å². The Bertz CT molecular complexity index is 179. The normalized spacial score (nSPS) is 16.9. The maximum atomic E-state index is 11.0. The van der Waals surface area contributed by atoms with Crippen LogP contribution in [-0.4, -0.2) is 35.0 Å². The minimum atomic E-state index is -1.07. The van der Waals surface area contributed by atoms with E-state index in [0.29, 0.717) is 12.8 Å². The van der Waals surface area contributed by atoms with E-state index in [-0.39, 0.29) is 18.6 Å².